The highest BCUT2D eigenvalue weighted by Gasteiger charge is 2.66. The van der Waals surface area contributed by atoms with E-state index in [0.717, 1.165) is 0 Å². The molecule has 0 bridgehead atoms. The maximum Gasteiger partial charge on any atom is 0.412 e. The lowest BCUT2D eigenvalue weighted by Crippen LogP contribution is -2.44. The van der Waals surface area contributed by atoms with Gasteiger partial charge in [-0.2, -0.15) is 18.2 Å². The molecule has 0 atom stereocenters. The molecule has 0 aliphatic heterocycles. The summed E-state index contributed by atoms with van der Waals surface area (Å²) >= 11 is 0. The van der Waals surface area contributed by atoms with E-state index in [-0.39, 0.29) is 29.8 Å². The van der Waals surface area contributed by atoms with Gasteiger partial charge >= 0.3 is 17.8 Å². The average Bonchev–Trinajstić information content (AvgIpc) is 3.04. The summed E-state index contributed by atoms with van der Waals surface area (Å²) in [6, 6.07) is 0. The number of carbonyl (C=O) groups is 1. The SMILES string of the molecule is Cc1nc(=O)n(C2(C(F)(F)F)CC2)c(C)c1CC(=O)O. The molecule has 1 aliphatic rings. The van der Waals surface area contributed by atoms with Crippen LogP contribution in [0.5, 0.6) is 0 Å². The topological polar surface area (TPSA) is 72.2 Å². The Morgan fingerprint density at radius 3 is 2.35 bits per heavy atom. The van der Waals surface area contributed by atoms with Gasteiger partial charge in [0.25, 0.3) is 0 Å². The number of carboxylic acid groups (broad SMARTS) is 1. The molecule has 5 nitrogen and oxygen atoms in total. The second kappa shape index (κ2) is 4.32. The summed E-state index contributed by atoms with van der Waals surface area (Å²) in [4.78, 5) is 26.2. The Hall–Kier alpha value is -1.86. The molecule has 8 heteroatoms. The molecule has 0 saturated heterocycles. The van der Waals surface area contributed by atoms with Crippen molar-refractivity contribution in [3.05, 3.63) is 27.4 Å². The van der Waals surface area contributed by atoms with Crippen LogP contribution < -0.4 is 5.69 Å². The lowest BCUT2D eigenvalue weighted by atomic mass is 10.1. The summed E-state index contributed by atoms with van der Waals surface area (Å²) in [5.74, 6) is -1.18. The van der Waals surface area contributed by atoms with Crippen molar-refractivity contribution in [1.82, 2.24) is 9.55 Å². The van der Waals surface area contributed by atoms with Gasteiger partial charge in [0.2, 0.25) is 0 Å². The van der Waals surface area contributed by atoms with Crippen molar-refractivity contribution in [2.24, 2.45) is 0 Å². The zero-order chi connectivity index (χ0) is 15.3. The number of aliphatic carboxylic acids is 1. The number of alkyl halides is 3. The van der Waals surface area contributed by atoms with Gasteiger partial charge in [-0.3, -0.25) is 9.36 Å². The molecule has 110 valence electrons. The average molecular weight is 290 g/mol. The molecule has 1 aliphatic carbocycles. The van der Waals surface area contributed by atoms with Gasteiger partial charge in [-0.15, -0.1) is 0 Å². The molecule has 1 aromatic rings. The van der Waals surface area contributed by atoms with E-state index in [4.69, 9.17) is 5.11 Å². The Balaban J connectivity index is 2.67. The zero-order valence-corrected chi connectivity index (χ0v) is 10.9. The molecule has 0 spiro atoms. The molecule has 1 aromatic heterocycles. The van der Waals surface area contributed by atoms with Crippen LogP contribution in [-0.4, -0.2) is 26.8 Å². The highest BCUT2D eigenvalue weighted by Crippen LogP contribution is 2.55. The number of halogens is 3. The van der Waals surface area contributed by atoms with Crippen molar-refractivity contribution >= 4 is 5.97 Å². The molecular weight excluding hydrogens is 277 g/mol. The molecule has 1 heterocycles. The fourth-order valence-corrected chi connectivity index (χ4v) is 2.46. The van der Waals surface area contributed by atoms with E-state index >= 15 is 0 Å². The van der Waals surface area contributed by atoms with E-state index in [1.807, 2.05) is 0 Å². The van der Waals surface area contributed by atoms with E-state index in [1.54, 1.807) is 0 Å². The molecule has 0 amide bonds. The third kappa shape index (κ3) is 2.08. The minimum atomic E-state index is -4.56. The Labute approximate surface area is 112 Å². The fourth-order valence-electron chi connectivity index (χ4n) is 2.46. The molecule has 1 N–H and O–H groups in total. The summed E-state index contributed by atoms with van der Waals surface area (Å²) < 4.78 is 40.0. The Morgan fingerprint density at radius 1 is 1.40 bits per heavy atom. The van der Waals surface area contributed by atoms with Crippen molar-refractivity contribution in [2.75, 3.05) is 0 Å². The van der Waals surface area contributed by atoms with Gasteiger partial charge in [-0.25, -0.2) is 4.79 Å². The van der Waals surface area contributed by atoms with Crippen molar-refractivity contribution in [1.29, 1.82) is 0 Å². The first-order valence-electron chi connectivity index (χ1n) is 5.98. The molecule has 0 unspecified atom stereocenters. The van der Waals surface area contributed by atoms with Crippen LogP contribution in [0, 0.1) is 13.8 Å². The number of aromatic nitrogens is 2. The third-order valence-electron chi connectivity index (χ3n) is 3.67. The predicted molar refractivity (Wildman–Crippen MR) is 62.6 cm³/mol. The van der Waals surface area contributed by atoms with Crippen molar-refractivity contribution < 1.29 is 23.1 Å². The quantitative estimate of drug-likeness (QED) is 0.916. The van der Waals surface area contributed by atoms with Gasteiger partial charge in [0.15, 0.2) is 0 Å². The summed E-state index contributed by atoms with van der Waals surface area (Å²) in [6.45, 7) is 2.75. The first-order chi connectivity index (χ1) is 9.10. The number of nitrogens with zero attached hydrogens (tertiary/aromatic N) is 2. The van der Waals surface area contributed by atoms with Crippen LogP contribution in [0.25, 0.3) is 0 Å². The van der Waals surface area contributed by atoms with Crippen LogP contribution >= 0.6 is 0 Å². The summed E-state index contributed by atoms with van der Waals surface area (Å²) in [6.07, 6.45) is -5.39. The molecule has 20 heavy (non-hydrogen) atoms. The van der Waals surface area contributed by atoms with Crippen LogP contribution in [-0.2, 0) is 16.8 Å². The highest BCUT2D eigenvalue weighted by atomic mass is 19.4. The van der Waals surface area contributed by atoms with Crippen LogP contribution in [0.2, 0.25) is 0 Å². The summed E-state index contributed by atoms with van der Waals surface area (Å²) in [7, 11) is 0. The summed E-state index contributed by atoms with van der Waals surface area (Å²) in [5, 5.41) is 8.82. The van der Waals surface area contributed by atoms with Crippen LogP contribution in [0.15, 0.2) is 4.79 Å². The monoisotopic (exact) mass is 290 g/mol. The number of carboxylic acids is 1. The molecule has 2 rings (SSSR count). The minimum absolute atomic E-state index is 0.0275. The van der Waals surface area contributed by atoms with Gasteiger partial charge in [0.05, 0.1) is 6.42 Å². The second-order valence-corrected chi connectivity index (χ2v) is 4.98. The van der Waals surface area contributed by atoms with E-state index in [0.29, 0.717) is 4.57 Å². The van der Waals surface area contributed by atoms with E-state index in [2.05, 4.69) is 4.98 Å². The fraction of sp³-hybridized carbons (Fsp3) is 0.583. The maximum absolute atomic E-state index is 13.1. The van der Waals surface area contributed by atoms with Crippen LogP contribution in [0.4, 0.5) is 13.2 Å². The van der Waals surface area contributed by atoms with Gasteiger partial charge in [-0.05, 0) is 26.7 Å². The van der Waals surface area contributed by atoms with Crippen molar-refractivity contribution in [3.8, 4) is 0 Å². The lowest BCUT2D eigenvalue weighted by Gasteiger charge is -2.25. The smallest absolute Gasteiger partial charge is 0.412 e. The Kier molecular flexibility index (Phi) is 3.14. The maximum atomic E-state index is 13.1. The van der Waals surface area contributed by atoms with E-state index in [1.165, 1.54) is 13.8 Å². The lowest BCUT2D eigenvalue weighted by molar-refractivity contribution is -0.181. The number of hydrogen-bond acceptors (Lipinski definition) is 3. The number of aryl methyl sites for hydroxylation is 1. The standard InChI is InChI=1S/C12H13F3N2O3/c1-6-8(5-9(18)19)7(2)17(10(20)16-6)11(3-4-11)12(13,14)15/h3-5H2,1-2H3,(H,18,19). The van der Waals surface area contributed by atoms with Gasteiger partial charge in [0, 0.05) is 17.0 Å². The molecular formula is C12H13F3N2O3. The predicted octanol–water partition coefficient (Wildman–Crippen LogP) is 1.54. The largest absolute Gasteiger partial charge is 0.481 e. The van der Waals surface area contributed by atoms with E-state index < -0.39 is 29.8 Å². The normalized spacial score (nSPS) is 17.1. The molecule has 0 aromatic carbocycles. The Morgan fingerprint density at radius 2 is 1.95 bits per heavy atom. The van der Waals surface area contributed by atoms with Gasteiger partial charge in [0.1, 0.15) is 5.54 Å². The van der Waals surface area contributed by atoms with Crippen molar-refractivity contribution in [2.45, 2.75) is 44.8 Å². The first kappa shape index (κ1) is 14.5. The second-order valence-electron chi connectivity index (χ2n) is 4.98. The van der Waals surface area contributed by atoms with Crippen molar-refractivity contribution in [3.63, 3.8) is 0 Å². The van der Waals surface area contributed by atoms with Crippen LogP contribution in [0.1, 0.15) is 29.8 Å². The first-order valence-corrected chi connectivity index (χ1v) is 5.98. The van der Waals surface area contributed by atoms with Crippen LogP contribution in [0.3, 0.4) is 0 Å². The number of rotatable bonds is 3. The minimum Gasteiger partial charge on any atom is -0.481 e. The summed E-state index contributed by atoms with van der Waals surface area (Å²) in [5.41, 5.74) is -2.86. The van der Waals surface area contributed by atoms with E-state index in [9.17, 15) is 22.8 Å². The van der Waals surface area contributed by atoms with Gasteiger partial charge in [-0.1, -0.05) is 0 Å². The Bertz CT molecular complexity index is 630. The third-order valence-corrected chi connectivity index (χ3v) is 3.67. The highest BCUT2D eigenvalue weighted by molar-refractivity contribution is 5.70. The van der Waals surface area contributed by atoms with Gasteiger partial charge < -0.3 is 5.11 Å². The zero-order valence-electron chi connectivity index (χ0n) is 10.9. The molecule has 1 saturated carbocycles. The molecule has 0 radical (unpaired) electrons. The number of hydrogen-bond donors (Lipinski definition) is 1. The molecule has 1 fully saturated rings.